The van der Waals surface area contributed by atoms with Crippen molar-refractivity contribution in [2.75, 3.05) is 32.5 Å². The second kappa shape index (κ2) is 10.5. The summed E-state index contributed by atoms with van der Waals surface area (Å²) in [5.41, 5.74) is 1.91. The maximum absolute atomic E-state index is 13.9. The molecule has 0 saturated carbocycles. The number of nitrogens with one attached hydrogen (secondary N) is 1. The van der Waals surface area contributed by atoms with Gasteiger partial charge in [-0.1, -0.05) is 54.6 Å². The molecule has 0 atom stereocenters. The van der Waals surface area contributed by atoms with E-state index in [0.717, 1.165) is 22.7 Å². The van der Waals surface area contributed by atoms with Crippen molar-refractivity contribution >= 4 is 59.9 Å². The van der Waals surface area contributed by atoms with E-state index in [1.54, 1.807) is 18.2 Å². The number of rotatable bonds is 7. The largest absolute Gasteiger partial charge is 0.457 e. The van der Waals surface area contributed by atoms with E-state index in [1.165, 1.54) is 16.2 Å². The van der Waals surface area contributed by atoms with Crippen molar-refractivity contribution in [1.29, 1.82) is 0 Å². The van der Waals surface area contributed by atoms with Crippen molar-refractivity contribution in [1.82, 2.24) is 4.90 Å². The van der Waals surface area contributed by atoms with E-state index in [1.807, 2.05) is 38.4 Å². The van der Waals surface area contributed by atoms with Crippen molar-refractivity contribution in [2.45, 2.75) is 6.61 Å². The first-order valence-corrected chi connectivity index (χ1v) is 14.0. The Morgan fingerprint density at radius 2 is 1.60 bits per heavy atom. The van der Waals surface area contributed by atoms with E-state index < -0.39 is 0 Å². The normalized spacial score (nSPS) is 11.8. The molecule has 2 N–H and O–H groups in total. The molecule has 6 aromatic carbocycles. The summed E-state index contributed by atoms with van der Waals surface area (Å²) in [6, 6.07) is 32.0. The van der Waals surface area contributed by atoms with Gasteiger partial charge in [0, 0.05) is 29.7 Å². The number of likely N-dealkylation sites (N-methyl/N-ethyl adjacent to an activating group) is 1. The first-order valence-electron chi connectivity index (χ1n) is 14.0. The van der Waals surface area contributed by atoms with Crippen LogP contribution in [0.1, 0.15) is 5.56 Å². The van der Waals surface area contributed by atoms with Gasteiger partial charge >= 0.3 is 0 Å². The summed E-state index contributed by atoms with van der Waals surface area (Å²) in [5.74, 6) is 1.25. The molecule has 42 heavy (non-hydrogen) atoms. The van der Waals surface area contributed by atoms with Gasteiger partial charge in [-0.3, -0.25) is 4.79 Å². The van der Waals surface area contributed by atoms with Crippen LogP contribution in [0.3, 0.4) is 0 Å². The lowest BCUT2D eigenvalue weighted by Crippen LogP contribution is -2.21. The molecule has 0 saturated heterocycles. The first-order chi connectivity index (χ1) is 20.5. The maximum Gasteiger partial charge on any atom is 0.202 e. The molecule has 0 radical (unpaired) electrons. The predicted molar refractivity (Wildman–Crippen MR) is 172 cm³/mol. The van der Waals surface area contributed by atoms with Gasteiger partial charge in [0.05, 0.1) is 17.4 Å². The Labute approximate surface area is 242 Å². The Bertz CT molecular complexity index is 2200. The van der Waals surface area contributed by atoms with Gasteiger partial charge in [-0.2, -0.15) is 0 Å². The molecule has 0 fully saturated rings. The number of nitrogens with zero attached hydrogens (tertiary/aromatic N) is 1. The van der Waals surface area contributed by atoms with Crippen LogP contribution in [-0.4, -0.2) is 37.2 Å². The van der Waals surface area contributed by atoms with Crippen LogP contribution in [0.15, 0.2) is 106 Å². The molecule has 6 heteroatoms. The van der Waals surface area contributed by atoms with Crippen LogP contribution < -0.4 is 15.5 Å². The number of hydrogen-bond donors (Lipinski definition) is 2. The fourth-order valence-corrected chi connectivity index (χ4v) is 5.71. The van der Waals surface area contributed by atoms with Gasteiger partial charge in [-0.25, -0.2) is 0 Å². The molecular formula is C36H30N2O4. The topological polar surface area (TPSA) is 74.9 Å². The first kappa shape index (κ1) is 26.0. The Morgan fingerprint density at radius 3 is 2.45 bits per heavy atom. The van der Waals surface area contributed by atoms with E-state index in [2.05, 4.69) is 64.8 Å². The monoisotopic (exact) mass is 554 g/mol. The third-order valence-electron chi connectivity index (χ3n) is 7.85. The number of anilines is 1. The highest BCUT2D eigenvalue weighted by Crippen LogP contribution is 2.36. The summed E-state index contributed by atoms with van der Waals surface area (Å²) in [6.07, 6.45) is 0. The molecule has 0 aliphatic carbocycles. The number of aliphatic hydroxyl groups is 1. The molecule has 6 nitrogen and oxygen atoms in total. The van der Waals surface area contributed by atoms with Gasteiger partial charge in [0.1, 0.15) is 22.7 Å². The highest BCUT2D eigenvalue weighted by molar-refractivity contribution is 6.13. The molecule has 0 unspecified atom stereocenters. The molecular weight excluding hydrogens is 524 g/mol. The van der Waals surface area contributed by atoms with Gasteiger partial charge in [-0.05, 0) is 83.5 Å². The van der Waals surface area contributed by atoms with Gasteiger partial charge in [0.15, 0.2) is 0 Å². The van der Waals surface area contributed by atoms with Gasteiger partial charge < -0.3 is 24.5 Å². The second-order valence-corrected chi connectivity index (χ2v) is 10.9. The van der Waals surface area contributed by atoms with Crippen molar-refractivity contribution in [3.8, 4) is 11.5 Å². The molecule has 0 bridgehead atoms. The number of aliphatic hydroxyl groups excluding tert-OH is 1. The van der Waals surface area contributed by atoms with Crippen LogP contribution in [0.25, 0.3) is 54.3 Å². The minimum atomic E-state index is -0.227. The summed E-state index contributed by atoms with van der Waals surface area (Å²) < 4.78 is 12.7. The van der Waals surface area contributed by atoms with Crippen LogP contribution in [0, 0.1) is 0 Å². The van der Waals surface area contributed by atoms with Crippen LogP contribution in [0.5, 0.6) is 11.5 Å². The van der Waals surface area contributed by atoms with Crippen LogP contribution in [0.2, 0.25) is 0 Å². The average Bonchev–Trinajstić information content (AvgIpc) is 3.00. The lowest BCUT2D eigenvalue weighted by atomic mass is 9.98. The van der Waals surface area contributed by atoms with Crippen molar-refractivity contribution < 1.29 is 14.3 Å². The number of hydrogen-bond acceptors (Lipinski definition) is 6. The smallest absolute Gasteiger partial charge is 0.202 e. The maximum atomic E-state index is 13.9. The van der Waals surface area contributed by atoms with Gasteiger partial charge in [-0.15, -0.1) is 0 Å². The van der Waals surface area contributed by atoms with E-state index >= 15 is 0 Å². The summed E-state index contributed by atoms with van der Waals surface area (Å²) in [5, 5.41) is 20.9. The minimum absolute atomic E-state index is 0.172. The molecule has 0 aliphatic heterocycles. The molecule has 7 aromatic rings. The number of ether oxygens (including phenoxy) is 1. The Kier molecular flexibility index (Phi) is 6.50. The average molecular weight is 555 g/mol. The van der Waals surface area contributed by atoms with Crippen LogP contribution in [0.4, 0.5) is 5.69 Å². The lowest BCUT2D eigenvalue weighted by Gasteiger charge is -2.15. The highest BCUT2D eigenvalue weighted by Gasteiger charge is 2.16. The van der Waals surface area contributed by atoms with Crippen molar-refractivity contribution in [3.05, 3.63) is 113 Å². The Balaban J connectivity index is 1.34. The fraction of sp³-hybridized carbons (Fsp3) is 0.139. The second-order valence-electron chi connectivity index (χ2n) is 10.9. The quantitative estimate of drug-likeness (QED) is 0.156. The summed E-state index contributed by atoms with van der Waals surface area (Å²) in [4.78, 5) is 16.0. The Morgan fingerprint density at radius 1 is 0.786 bits per heavy atom. The predicted octanol–water partition coefficient (Wildman–Crippen LogP) is 7.66. The van der Waals surface area contributed by atoms with Gasteiger partial charge in [0.25, 0.3) is 0 Å². The minimum Gasteiger partial charge on any atom is -0.457 e. The number of benzene rings is 6. The highest BCUT2D eigenvalue weighted by atomic mass is 16.5. The van der Waals surface area contributed by atoms with E-state index in [0.29, 0.717) is 51.2 Å². The molecule has 0 spiro atoms. The number of fused-ring (bicyclic) bond motifs is 6. The summed E-state index contributed by atoms with van der Waals surface area (Å²) in [7, 11) is 4.00. The Hall–Kier alpha value is -4.91. The van der Waals surface area contributed by atoms with Crippen molar-refractivity contribution in [3.63, 3.8) is 0 Å². The SMILES string of the molecule is CN(C)CCNc1ccc(CO)c2oc3ccc(Oc4cccc5cc6ccc7ccccc7c6cc45)cc3c(=O)c12. The fourth-order valence-electron chi connectivity index (χ4n) is 5.71. The van der Waals surface area contributed by atoms with E-state index in [9.17, 15) is 9.90 Å². The molecule has 0 aliphatic rings. The van der Waals surface area contributed by atoms with Crippen LogP contribution >= 0.6 is 0 Å². The van der Waals surface area contributed by atoms with Crippen LogP contribution in [-0.2, 0) is 6.61 Å². The molecule has 1 heterocycles. The third-order valence-corrected chi connectivity index (χ3v) is 7.85. The summed E-state index contributed by atoms with van der Waals surface area (Å²) >= 11 is 0. The van der Waals surface area contributed by atoms with E-state index in [-0.39, 0.29) is 12.0 Å². The lowest BCUT2D eigenvalue weighted by molar-refractivity contribution is 0.282. The zero-order valence-corrected chi connectivity index (χ0v) is 23.5. The standard InChI is InChI=1S/C36H30N2O4/c1-38(2)17-16-37-31-14-12-25(21-39)36-34(31)35(40)30-19-26(13-15-33(30)42-36)41-32-9-5-7-23-18-24-11-10-22-6-3-4-8-27(22)28(24)20-29(23)32/h3-15,18-20,37,39H,16-17,21H2,1-2H3. The zero-order chi connectivity index (χ0) is 28.8. The third kappa shape index (κ3) is 4.51. The van der Waals surface area contributed by atoms with E-state index in [4.69, 9.17) is 9.15 Å². The molecule has 208 valence electrons. The molecule has 7 rings (SSSR count). The molecule has 1 aromatic heterocycles. The summed E-state index contributed by atoms with van der Waals surface area (Å²) in [6.45, 7) is 1.23. The zero-order valence-electron chi connectivity index (χ0n) is 23.5. The molecule has 0 amide bonds. The van der Waals surface area contributed by atoms with Gasteiger partial charge in [0.2, 0.25) is 5.43 Å². The van der Waals surface area contributed by atoms with Crippen molar-refractivity contribution in [2.24, 2.45) is 0 Å².